The van der Waals surface area contributed by atoms with Crippen LogP contribution in [0.2, 0.25) is 0 Å². The molecular formula is C17H23NO2S. The van der Waals surface area contributed by atoms with Crippen LogP contribution in [0.3, 0.4) is 0 Å². The molecule has 0 radical (unpaired) electrons. The van der Waals surface area contributed by atoms with Crippen molar-refractivity contribution in [2.24, 2.45) is 0 Å². The van der Waals surface area contributed by atoms with Gasteiger partial charge in [0.25, 0.3) is 0 Å². The average Bonchev–Trinajstić information content (AvgIpc) is 2.46. The van der Waals surface area contributed by atoms with E-state index in [9.17, 15) is 8.42 Å². The molecule has 0 atom stereocenters. The van der Waals surface area contributed by atoms with E-state index in [2.05, 4.69) is 31.7 Å². The van der Waals surface area contributed by atoms with Crippen LogP contribution in [0.25, 0.3) is 10.8 Å². The molecule has 0 aliphatic rings. The Hall–Kier alpha value is -1.55. The Labute approximate surface area is 127 Å². The molecule has 0 fully saturated rings. The summed E-state index contributed by atoms with van der Waals surface area (Å²) >= 11 is 0. The lowest BCUT2D eigenvalue weighted by Gasteiger charge is -2.27. The van der Waals surface area contributed by atoms with E-state index < -0.39 is 9.84 Å². The summed E-state index contributed by atoms with van der Waals surface area (Å²) in [6.45, 7) is 7.78. The third-order valence-electron chi connectivity index (χ3n) is 3.89. The largest absolute Gasteiger partial charge is 0.371 e. The normalized spacial score (nSPS) is 11.8. The second kappa shape index (κ2) is 6.06. The Morgan fingerprint density at radius 3 is 2.19 bits per heavy atom. The van der Waals surface area contributed by atoms with Gasteiger partial charge in [-0.1, -0.05) is 31.2 Å². The summed E-state index contributed by atoms with van der Waals surface area (Å²) in [4.78, 5) is 2.61. The number of anilines is 1. The monoisotopic (exact) mass is 305 g/mol. The van der Waals surface area contributed by atoms with Crippen molar-refractivity contribution in [2.75, 3.05) is 24.2 Å². The van der Waals surface area contributed by atoms with Gasteiger partial charge in [0.05, 0.1) is 10.6 Å². The zero-order valence-corrected chi connectivity index (χ0v) is 14.0. The SMILES string of the molecule is CCc1cc2ccccc2c(S(C)(=O)=O)c1N(CC)CC. The molecule has 114 valence electrons. The van der Waals surface area contributed by atoms with Gasteiger partial charge in [-0.15, -0.1) is 0 Å². The van der Waals surface area contributed by atoms with Crippen LogP contribution < -0.4 is 4.90 Å². The predicted molar refractivity (Wildman–Crippen MR) is 90.0 cm³/mol. The van der Waals surface area contributed by atoms with Gasteiger partial charge in [0.1, 0.15) is 0 Å². The number of fused-ring (bicyclic) bond motifs is 1. The van der Waals surface area contributed by atoms with Gasteiger partial charge in [-0.25, -0.2) is 8.42 Å². The van der Waals surface area contributed by atoms with E-state index in [1.165, 1.54) is 6.26 Å². The average molecular weight is 305 g/mol. The van der Waals surface area contributed by atoms with Crippen LogP contribution in [0.5, 0.6) is 0 Å². The smallest absolute Gasteiger partial charge is 0.178 e. The van der Waals surface area contributed by atoms with Crippen molar-refractivity contribution < 1.29 is 8.42 Å². The number of hydrogen-bond donors (Lipinski definition) is 0. The molecule has 0 aliphatic heterocycles. The summed E-state index contributed by atoms with van der Waals surface area (Å²) < 4.78 is 24.9. The molecule has 0 aliphatic carbocycles. The van der Waals surface area contributed by atoms with E-state index >= 15 is 0 Å². The minimum Gasteiger partial charge on any atom is -0.371 e. The second-order valence-corrected chi connectivity index (χ2v) is 7.19. The molecule has 0 heterocycles. The van der Waals surface area contributed by atoms with Crippen LogP contribution in [0, 0.1) is 0 Å². The molecule has 3 nitrogen and oxygen atoms in total. The molecular weight excluding hydrogens is 282 g/mol. The maximum absolute atomic E-state index is 12.4. The van der Waals surface area contributed by atoms with Gasteiger partial charge in [-0.05, 0) is 37.3 Å². The third kappa shape index (κ3) is 2.91. The molecule has 0 N–H and O–H groups in total. The molecule has 0 saturated carbocycles. The topological polar surface area (TPSA) is 37.4 Å². The van der Waals surface area contributed by atoms with E-state index in [-0.39, 0.29) is 0 Å². The Kier molecular flexibility index (Phi) is 4.57. The number of benzene rings is 2. The number of aryl methyl sites for hydroxylation is 1. The highest BCUT2D eigenvalue weighted by atomic mass is 32.2. The quantitative estimate of drug-likeness (QED) is 0.846. The van der Waals surface area contributed by atoms with E-state index in [1.807, 2.05) is 24.3 Å². The zero-order valence-electron chi connectivity index (χ0n) is 13.2. The standard InChI is InChI=1S/C17H23NO2S/c1-5-13-12-14-10-8-9-11-15(14)17(21(4,19)20)16(13)18(6-2)7-3/h8-12H,5-7H2,1-4H3. The van der Waals surface area contributed by atoms with Crippen LogP contribution in [0.15, 0.2) is 35.2 Å². The molecule has 21 heavy (non-hydrogen) atoms. The molecule has 2 aromatic carbocycles. The molecule has 2 aromatic rings. The number of sulfone groups is 1. The summed E-state index contributed by atoms with van der Waals surface area (Å²) in [5.74, 6) is 0. The zero-order chi connectivity index (χ0) is 15.6. The highest BCUT2D eigenvalue weighted by Crippen LogP contribution is 2.36. The van der Waals surface area contributed by atoms with Crippen LogP contribution in [-0.4, -0.2) is 27.8 Å². The van der Waals surface area contributed by atoms with Gasteiger partial charge in [0.15, 0.2) is 9.84 Å². The van der Waals surface area contributed by atoms with Crippen LogP contribution in [0.4, 0.5) is 5.69 Å². The highest BCUT2D eigenvalue weighted by molar-refractivity contribution is 7.91. The molecule has 0 saturated heterocycles. The van der Waals surface area contributed by atoms with Gasteiger partial charge in [0, 0.05) is 24.7 Å². The van der Waals surface area contributed by atoms with Crippen molar-refractivity contribution in [3.8, 4) is 0 Å². The minimum absolute atomic E-state index is 0.473. The molecule has 0 spiro atoms. The fourth-order valence-corrected chi connectivity index (χ4v) is 4.09. The summed E-state index contributed by atoms with van der Waals surface area (Å²) in [6.07, 6.45) is 2.13. The highest BCUT2D eigenvalue weighted by Gasteiger charge is 2.23. The Balaban J connectivity index is 2.98. The molecule has 4 heteroatoms. The molecule has 2 rings (SSSR count). The van der Waals surface area contributed by atoms with Gasteiger partial charge in [-0.3, -0.25) is 0 Å². The van der Waals surface area contributed by atoms with Gasteiger partial charge < -0.3 is 4.90 Å². The van der Waals surface area contributed by atoms with Gasteiger partial charge >= 0.3 is 0 Å². The number of nitrogens with zero attached hydrogens (tertiary/aromatic N) is 1. The summed E-state index contributed by atoms with van der Waals surface area (Å²) in [5, 5.41) is 1.81. The van der Waals surface area contributed by atoms with E-state index in [1.54, 1.807) is 0 Å². The van der Waals surface area contributed by atoms with E-state index in [0.717, 1.165) is 41.5 Å². The van der Waals surface area contributed by atoms with Gasteiger partial charge in [-0.2, -0.15) is 0 Å². The van der Waals surface area contributed by atoms with E-state index in [0.29, 0.717) is 4.90 Å². The van der Waals surface area contributed by atoms with Crippen molar-refractivity contribution >= 4 is 26.3 Å². The van der Waals surface area contributed by atoms with Crippen molar-refractivity contribution in [1.29, 1.82) is 0 Å². The maximum atomic E-state index is 12.4. The Morgan fingerprint density at radius 1 is 1.05 bits per heavy atom. The predicted octanol–water partition coefficient (Wildman–Crippen LogP) is 3.65. The molecule has 0 bridgehead atoms. The van der Waals surface area contributed by atoms with Crippen LogP contribution >= 0.6 is 0 Å². The molecule has 0 unspecified atom stereocenters. The maximum Gasteiger partial charge on any atom is 0.178 e. The summed E-state index contributed by atoms with van der Waals surface area (Å²) in [5.41, 5.74) is 1.97. The first-order chi connectivity index (χ1) is 9.93. The minimum atomic E-state index is -3.30. The van der Waals surface area contributed by atoms with E-state index in [4.69, 9.17) is 0 Å². The Morgan fingerprint density at radius 2 is 1.67 bits per heavy atom. The molecule has 0 aromatic heterocycles. The van der Waals surface area contributed by atoms with Crippen molar-refractivity contribution in [3.05, 3.63) is 35.9 Å². The third-order valence-corrected chi connectivity index (χ3v) is 5.04. The lowest BCUT2D eigenvalue weighted by Crippen LogP contribution is -2.25. The first-order valence-corrected chi connectivity index (χ1v) is 9.32. The Bertz CT molecular complexity index is 747. The molecule has 0 amide bonds. The van der Waals surface area contributed by atoms with Crippen molar-refractivity contribution in [1.82, 2.24) is 0 Å². The van der Waals surface area contributed by atoms with Crippen LogP contribution in [0.1, 0.15) is 26.3 Å². The van der Waals surface area contributed by atoms with Gasteiger partial charge in [0.2, 0.25) is 0 Å². The number of rotatable bonds is 5. The fourth-order valence-electron chi connectivity index (χ4n) is 2.89. The van der Waals surface area contributed by atoms with Crippen molar-refractivity contribution in [3.63, 3.8) is 0 Å². The lowest BCUT2D eigenvalue weighted by atomic mass is 10.0. The summed E-state index contributed by atoms with van der Waals surface area (Å²) in [6, 6.07) is 9.85. The summed E-state index contributed by atoms with van der Waals surface area (Å²) in [7, 11) is -3.30. The first kappa shape index (κ1) is 15.8. The van der Waals surface area contributed by atoms with Crippen molar-refractivity contribution in [2.45, 2.75) is 32.1 Å². The number of hydrogen-bond acceptors (Lipinski definition) is 3. The van der Waals surface area contributed by atoms with Crippen LogP contribution in [-0.2, 0) is 16.3 Å². The first-order valence-electron chi connectivity index (χ1n) is 7.43. The second-order valence-electron chi connectivity index (χ2n) is 5.23. The lowest BCUT2D eigenvalue weighted by molar-refractivity contribution is 0.602. The fraction of sp³-hybridized carbons (Fsp3) is 0.412.